The number of hydrogen-bond donors (Lipinski definition) is 2. The summed E-state index contributed by atoms with van der Waals surface area (Å²) in [5, 5.41) is 6.77. The highest BCUT2D eigenvalue weighted by Gasteiger charge is 2.45. The minimum absolute atomic E-state index is 0.0215. The van der Waals surface area contributed by atoms with E-state index in [1.807, 2.05) is 24.3 Å². The Bertz CT molecular complexity index is 498. The molecule has 0 aromatic heterocycles. The SMILES string of the molecule is O=C1Nc2ccc(Cl)cc2[C@]12C=CCNC2. The van der Waals surface area contributed by atoms with E-state index in [4.69, 9.17) is 11.6 Å². The maximum absolute atomic E-state index is 12.1. The van der Waals surface area contributed by atoms with Crippen molar-refractivity contribution in [1.29, 1.82) is 0 Å². The van der Waals surface area contributed by atoms with Crippen LogP contribution in [0.15, 0.2) is 30.4 Å². The van der Waals surface area contributed by atoms with Gasteiger partial charge in [-0.25, -0.2) is 0 Å². The molecule has 2 aliphatic rings. The smallest absolute Gasteiger partial charge is 0.240 e. The zero-order valence-corrected chi connectivity index (χ0v) is 9.34. The van der Waals surface area contributed by atoms with Gasteiger partial charge in [-0.05, 0) is 23.8 Å². The third-order valence-corrected chi connectivity index (χ3v) is 3.42. The molecule has 1 spiro atoms. The molecular formula is C12H11ClN2O. The van der Waals surface area contributed by atoms with Gasteiger partial charge in [-0.2, -0.15) is 0 Å². The molecule has 1 aromatic carbocycles. The molecule has 82 valence electrons. The highest BCUT2D eigenvalue weighted by molar-refractivity contribution is 6.31. The van der Waals surface area contributed by atoms with Crippen LogP contribution in [0.5, 0.6) is 0 Å². The Kier molecular flexibility index (Phi) is 2.06. The van der Waals surface area contributed by atoms with Crippen LogP contribution in [-0.4, -0.2) is 19.0 Å². The first kappa shape index (κ1) is 9.87. The van der Waals surface area contributed by atoms with Crippen molar-refractivity contribution in [1.82, 2.24) is 5.32 Å². The lowest BCUT2D eigenvalue weighted by molar-refractivity contribution is -0.119. The van der Waals surface area contributed by atoms with Crippen LogP contribution in [0.3, 0.4) is 0 Å². The van der Waals surface area contributed by atoms with Gasteiger partial charge >= 0.3 is 0 Å². The van der Waals surface area contributed by atoms with E-state index in [1.54, 1.807) is 6.07 Å². The van der Waals surface area contributed by atoms with Crippen molar-refractivity contribution in [3.8, 4) is 0 Å². The monoisotopic (exact) mass is 234 g/mol. The zero-order valence-electron chi connectivity index (χ0n) is 8.59. The number of amides is 1. The number of halogens is 1. The van der Waals surface area contributed by atoms with E-state index in [1.165, 1.54) is 0 Å². The molecule has 0 saturated carbocycles. The molecule has 0 fully saturated rings. The van der Waals surface area contributed by atoms with Gasteiger partial charge < -0.3 is 10.6 Å². The van der Waals surface area contributed by atoms with Crippen molar-refractivity contribution in [2.45, 2.75) is 5.41 Å². The molecule has 0 bridgehead atoms. The Morgan fingerprint density at radius 3 is 3.00 bits per heavy atom. The minimum Gasteiger partial charge on any atom is -0.325 e. The molecule has 1 atom stereocenters. The Labute approximate surface area is 98.5 Å². The van der Waals surface area contributed by atoms with Crippen LogP contribution in [0.4, 0.5) is 5.69 Å². The third-order valence-electron chi connectivity index (χ3n) is 3.18. The number of hydrogen-bond acceptors (Lipinski definition) is 2. The van der Waals surface area contributed by atoms with Crippen LogP contribution >= 0.6 is 11.6 Å². The average Bonchev–Trinajstić information content (AvgIpc) is 2.55. The molecule has 1 amide bonds. The second-order valence-corrected chi connectivity index (χ2v) is 4.59. The van der Waals surface area contributed by atoms with Crippen molar-refractivity contribution < 1.29 is 4.79 Å². The summed E-state index contributed by atoms with van der Waals surface area (Å²) < 4.78 is 0. The van der Waals surface area contributed by atoms with Crippen LogP contribution in [0.1, 0.15) is 5.56 Å². The number of anilines is 1. The number of carbonyl (C=O) groups excluding carboxylic acids is 1. The molecule has 0 saturated heterocycles. The van der Waals surface area contributed by atoms with E-state index >= 15 is 0 Å². The summed E-state index contributed by atoms with van der Waals surface area (Å²) in [6.07, 6.45) is 3.96. The predicted molar refractivity (Wildman–Crippen MR) is 63.8 cm³/mol. The standard InChI is InChI=1S/C12H11ClN2O/c13-8-2-3-10-9(6-8)12(11(16)15-10)4-1-5-14-7-12/h1-4,6,14H,5,7H2,(H,15,16)/t12-/m1/s1. The third kappa shape index (κ3) is 1.22. The zero-order chi connectivity index (χ0) is 11.2. The number of nitrogens with one attached hydrogen (secondary N) is 2. The van der Waals surface area contributed by atoms with Crippen LogP contribution in [-0.2, 0) is 10.2 Å². The quantitative estimate of drug-likeness (QED) is 0.671. The Morgan fingerprint density at radius 1 is 1.38 bits per heavy atom. The molecule has 2 aliphatic heterocycles. The summed E-state index contributed by atoms with van der Waals surface area (Å²) in [6.45, 7) is 1.44. The van der Waals surface area contributed by atoms with Gasteiger partial charge in [0.1, 0.15) is 5.41 Å². The Hall–Kier alpha value is -1.32. The first-order valence-corrected chi connectivity index (χ1v) is 5.60. The van der Waals surface area contributed by atoms with Crippen molar-refractivity contribution in [2.75, 3.05) is 18.4 Å². The fraction of sp³-hybridized carbons (Fsp3) is 0.250. The maximum atomic E-state index is 12.1. The van der Waals surface area contributed by atoms with E-state index in [-0.39, 0.29) is 5.91 Å². The van der Waals surface area contributed by atoms with Crippen LogP contribution in [0.2, 0.25) is 5.02 Å². The number of carbonyl (C=O) groups is 1. The average molecular weight is 235 g/mol. The normalized spacial score (nSPS) is 26.9. The van der Waals surface area contributed by atoms with E-state index in [0.717, 1.165) is 17.8 Å². The number of rotatable bonds is 0. The van der Waals surface area contributed by atoms with Crippen LogP contribution in [0.25, 0.3) is 0 Å². The van der Waals surface area contributed by atoms with Gasteiger partial charge in [0.15, 0.2) is 0 Å². The fourth-order valence-electron chi connectivity index (χ4n) is 2.36. The molecular weight excluding hydrogens is 224 g/mol. The van der Waals surface area contributed by atoms with Gasteiger partial charge in [0, 0.05) is 23.8 Å². The lowest BCUT2D eigenvalue weighted by atomic mass is 9.80. The van der Waals surface area contributed by atoms with E-state index in [2.05, 4.69) is 10.6 Å². The number of fused-ring (bicyclic) bond motifs is 2. The number of benzene rings is 1. The second-order valence-electron chi connectivity index (χ2n) is 4.15. The molecule has 0 radical (unpaired) electrons. The van der Waals surface area contributed by atoms with Gasteiger partial charge in [-0.15, -0.1) is 0 Å². The Balaban J connectivity index is 2.21. The molecule has 1 aromatic rings. The van der Waals surface area contributed by atoms with Gasteiger partial charge in [-0.3, -0.25) is 4.79 Å². The first-order valence-electron chi connectivity index (χ1n) is 5.22. The summed E-state index contributed by atoms with van der Waals surface area (Å²) in [7, 11) is 0. The highest BCUT2D eigenvalue weighted by atomic mass is 35.5. The molecule has 16 heavy (non-hydrogen) atoms. The van der Waals surface area contributed by atoms with Crippen molar-refractivity contribution in [3.05, 3.63) is 40.9 Å². The predicted octanol–water partition coefficient (Wildman–Crippen LogP) is 1.69. The molecule has 0 unspecified atom stereocenters. The van der Waals surface area contributed by atoms with E-state index in [0.29, 0.717) is 11.6 Å². The largest absolute Gasteiger partial charge is 0.325 e. The molecule has 4 heteroatoms. The lowest BCUT2D eigenvalue weighted by Gasteiger charge is -2.27. The molecule has 0 aliphatic carbocycles. The first-order chi connectivity index (χ1) is 7.72. The Morgan fingerprint density at radius 2 is 2.25 bits per heavy atom. The summed E-state index contributed by atoms with van der Waals surface area (Å²) in [5.41, 5.74) is 1.26. The summed E-state index contributed by atoms with van der Waals surface area (Å²) in [6, 6.07) is 5.51. The fourth-order valence-corrected chi connectivity index (χ4v) is 2.54. The van der Waals surface area contributed by atoms with Gasteiger partial charge in [0.25, 0.3) is 0 Å². The van der Waals surface area contributed by atoms with Gasteiger partial charge in [0.2, 0.25) is 5.91 Å². The topological polar surface area (TPSA) is 41.1 Å². The van der Waals surface area contributed by atoms with E-state index in [9.17, 15) is 4.79 Å². The van der Waals surface area contributed by atoms with Gasteiger partial charge in [0.05, 0.1) is 0 Å². The molecule has 2 heterocycles. The van der Waals surface area contributed by atoms with Crippen LogP contribution < -0.4 is 10.6 Å². The molecule has 3 nitrogen and oxygen atoms in total. The van der Waals surface area contributed by atoms with Crippen molar-refractivity contribution >= 4 is 23.2 Å². The van der Waals surface area contributed by atoms with Crippen LogP contribution in [0, 0.1) is 0 Å². The summed E-state index contributed by atoms with van der Waals surface area (Å²) in [4.78, 5) is 12.1. The minimum atomic E-state index is -0.571. The highest BCUT2D eigenvalue weighted by Crippen LogP contribution is 2.40. The lowest BCUT2D eigenvalue weighted by Crippen LogP contribution is -2.45. The van der Waals surface area contributed by atoms with Crippen molar-refractivity contribution in [2.24, 2.45) is 0 Å². The second kappa shape index (κ2) is 3.34. The summed E-state index contributed by atoms with van der Waals surface area (Å²) in [5.74, 6) is 0.0215. The molecule has 2 N–H and O–H groups in total. The maximum Gasteiger partial charge on any atom is 0.240 e. The molecule has 3 rings (SSSR count). The van der Waals surface area contributed by atoms with Crippen molar-refractivity contribution in [3.63, 3.8) is 0 Å². The summed E-state index contributed by atoms with van der Waals surface area (Å²) >= 11 is 5.99. The van der Waals surface area contributed by atoms with Gasteiger partial charge in [-0.1, -0.05) is 23.8 Å². The van der Waals surface area contributed by atoms with E-state index < -0.39 is 5.41 Å².